The molecule has 2 aromatic carbocycles. The number of fused-ring (bicyclic) bond motifs is 1. The van der Waals surface area contributed by atoms with Gasteiger partial charge in [0.1, 0.15) is 11.8 Å². The highest BCUT2D eigenvalue weighted by atomic mass is 32.2. The predicted octanol–water partition coefficient (Wildman–Crippen LogP) is 2.54. The summed E-state index contributed by atoms with van der Waals surface area (Å²) in [7, 11) is 0. The van der Waals surface area contributed by atoms with Crippen LogP contribution in [0.15, 0.2) is 42.5 Å². The maximum Gasteiger partial charge on any atom is 0.326 e. The zero-order valence-electron chi connectivity index (χ0n) is 12.8. The molecule has 122 valence electrons. The van der Waals surface area contributed by atoms with Crippen molar-refractivity contribution >= 4 is 34.4 Å². The van der Waals surface area contributed by atoms with Gasteiger partial charge in [-0.15, -0.1) is 0 Å². The van der Waals surface area contributed by atoms with Crippen molar-refractivity contribution in [3.63, 3.8) is 0 Å². The minimum Gasteiger partial charge on any atom is -0.483 e. The molecule has 0 aromatic heterocycles. The van der Waals surface area contributed by atoms with Gasteiger partial charge in [0.15, 0.2) is 6.61 Å². The van der Waals surface area contributed by atoms with Gasteiger partial charge in [0.25, 0.3) is 5.91 Å². The summed E-state index contributed by atoms with van der Waals surface area (Å²) in [5.74, 6) is -0.195. The number of nitrogens with one attached hydrogen (secondary N) is 1. The fourth-order valence-corrected chi connectivity index (χ4v) is 2.67. The molecule has 0 aliphatic heterocycles. The van der Waals surface area contributed by atoms with Gasteiger partial charge in [-0.2, -0.15) is 11.8 Å². The summed E-state index contributed by atoms with van der Waals surface area (Å²) in [5, 5.41) is 13.5. The van der Waals surface area contributed by atoms with Crippen LogP contribution in [0.5, 0.6) is 5.75 Å². The second kappa shape index (κ2) is 8.43. The van der Waals surface area contributed by atoms with E-state index in [9.17, 15) is 9.59 Å². The number of amides is 1. The van der Waals surface area contributed by atoms with Crippen molar-refractivity contribution in [1.82, 2.24) is 5.32 Å². The van der Waals surface area contributed by atoms with Crippen molar-refractivity contribution in [1.29, 1.82) is 0 Å². The van der Waals surface area contributed by atoms with Crippen LogP contribution in [0, 0.1) is 0 Å². The second-order valence-electron chi connectivity index (χ2n) is 5.01. The number of benzene rings is 2. The van der Waals surface area contributed by atoms with Crippen LogP contribution in [0.2, 0.25) is 0 Å². The van der Waals surface area contributed by atoms with Gasteiger partial charge in [0.05, 0.1) is 0 Å². The van der Waals surface area contributed by atoms with Crippen molar-refractivity contribution in [2.75, 3.05) is 18.6 Å². The number of carbonyl (C=O) groups is 2. The number of thioether (sulfide) groups is 1. The molecule has 0 spiro atoms. The minimum absolute atomic E-state index is 0.211. The van der Waals surface area contributed by atoms with E-state index >= 15 is 0 Å². The molecular weight excluding hydrogens is 314 g/mol. The molecule has 5 nitrogen and oxygen atoms in total. The molecule has 0 bridgehead atoms. The summed E-state index contributed by atoms with van der Waals surface area (Å²) in [6.45, 7) is -0.211. The molecule has 0 aliphatic carbocycles. The molecular formula is C17H19NO4S. The highest BCUT2D eigenvalue weighted by molar-refractivity contribution is 7.98. The summed E-state index contributed by atoms with van der Waals surface area (Å²) in [5.41, 5.74) is 0. The van der Waals surface area contributed by atoms with Crippen LogP contribution in [-0.4, -0.2) is 41.6 Å². The van der Waals surface area contributed by atoms with Crippen LogP contribution < -0.4 is 10.1 Å². The summed E-state index contributed by atoms with van der Waals surface area (Å²) < 4.78 is 5.56. The molecule has 0 saturated carbocycles. The lowest BCUT2D eigenvalue weighted by Gasteiger charge is -2.14. The van der Waals surface area contributed by atoms with Crippen LogP contribution in [-0.2, 0) is 9.59 Å². The molecule has 0 fully saturated rings. The standard InChI is InChI=1S/C17H19NO4S/c1-23-10-9-14(17(20)21)18-16(19)11-22-15-8-4-6-12-5-2-3-7-13(12)15/h2-8,14H,9-11H2,1H3,(H,18,19)(H,20,21)/t14-/m0/s1. The number of carboxylic acids is 1. The van der Waals surface area contributed by atoms with Gasteiger partial charge < -0.3 is 15.2 Å². The maximum atomic E-state index is 11.9. The number of carbonyl (C=O) groups excluding carboxylic acids is 1. The molecule has 1 amide bonds. The van der Waals surface area contributed by atoms with Crippen molar-refractivity contribution in [3.05, 3.63) is 42.5 Å². The number of rotatable bonds is 8. The van der Waals surface area contributed by atoms with Crippen LogP contribution in [0.3, 0.4) is 0 Å². The Morgan fingerprint density at radius 2 is 1.96 bits per heavy atom. The molecule has 1 atom stereocenters. The number of aliphatic carboxylic acids is 1. The molecule has 0 heterocycles. The Hall–Kier alpha value is -2.21. The third-order valence-corrected chi connectivity index (χ3v) is 4.00. The summed E-state index contributed by atoms with van der Waals surface area (Å²) in [6, 6.07) is 12.4. The van der Waals surface area contributed by atoms with Gasteiger partial charge in [-0.3, -0.25) is 4.79 Å². The maximum absolute atomic E-state index is 11.9. The number of hydrogen-bond donors (Lipinski definition) is 2. The Bertz CT molecular complexity index is 684. The summed E-state index contributed by atoms with van der Waals surface area (Å²) in [6.07, 6.45) is 2.28. The average molecular weight is 333 g/mol. The van der Waals surface area contributed by atoms with Gasteiger partial charge in [0, 0.05) is 5.39 Å². The Kier molecular flexibility index (Phi) is 6.29. The van der Waals surface area contributed by atoms with Gasteiger partial charge in [-0.1, -0.05) is 36.4 Å². The first-order chi connectivity index (χ1) is 11.1. The molecule has 2 rings (SSSR count). The van der Waals surface area contributed by atoms with Gasteiger partial charge >= 0.3 is 5.97 Å². The summed E-state index contributed by atoms with van der Waals surface area (Å²) >= 11 is 1.54. The highest BCUT2D eigenvalue weighted by Crippen LogP contribution is 2.24. The Morgan fingerprint density at radius 1 is 1.22 bits per heavy atom. The van der Waals surface area contributed by atoms with E-state index in [4.69, 9.17) is 9.84 Å². The van der Waals surface area contributed by atoms with Gasteiger partial charge in [-0.05, 0) is 29.9 Å². The van der Waals surface area contributed by atoms with Crippen molar-refractivity contribution < 1.29 is 19.4 Å². The van der Waals surface area contributed by atoms with E-state index in [2.05, 4.69) is 5.32 Å². The zero-order chi connectivity index (χ0) is 16.7. The van der Waals surface area contributed by atoms with Crippen molar-refractivity contribution in [2.24, 2.45) is 0 Å². The third kappa shape index (κ3) is 4.89. The van der Waals surface area contributed by atoms with E-state index in [-0.39, 0.29) is 6.61 Å². The lowest BCUT2D eigenvalue weighted by molar-refractivity contribution is -0.142. The molecule has 2 aromatic rings. The Morgan fingerprint density at radius 3 is 2.70 bits per heavy atom. The lowest BCUT2D eigenvalue weighted by Crippen LogP contribution is -2.43. The number of ether oxygens (including phenoxy) is 1. The van der Waals surface area contributed by atoms with E-state index in [1.54, 1.807) is 17.8 Å². The highest BCUT2D eigenvalue weighted by Gasteiger charge is 2.19. The monoisotopic (exact) mass is 333 g/mol. The van der Waals surface area contributed by atoms with E-state index in [1.165, 1.54) is 0 Å². The lowest BCUT2D eigenvalue weighted by atomic mass is 10.1. The van der Waals surface area contributed by atoms with E-state index in [0.717, 1.165) is 10.8 Å². The van der Waals surface area contributed by atoms with Crippen LogP contribution in [0.1, 0.15) is 6.42 Å². The SMILES string of the molecule is CSCC[C@H](NC(=O)COc1cccc2ccccc12)C(=O)O. The van der Waals surface area contributed by atoms with Crippen molar-refractivity contribution in [2.45, 2.75) is 12.5 Å². The Labute approximate surface area is 139 Å². The second-order valence-corrected chi connectivity index (χ2v) is 5.99. The average Bonchev–Trinajstić information content (AvgIpc) is 2.56. The van der Waals surface area contributed by atoms with E-state index < -0.39 is 17.9 Å². The normalized spacial score (nSPS) is 11.9. The molecule has 0 radical (unpaired) electrons. The minimum atomic E-state index is -1.03. The predicted molar refractivity (Wildman–Crippen MR) is 92.0 cm³/mol. The van der Waals surface area contributed by atoms with E-state index in [0.29, 0.717) is 17.9 Å². The first-order valence-corrected chi connectivity index (χ1v) is 8.63. The van der Waals surface area contributed by atoms with Crippen LogP contribution in [0.25, 0.3) is 10.8 Å². The van der Waals surface area contributed by atoms with Gasteiger partial charge in [0.2, 0.25) is 0 Å². The molecule has 23 heavy (non-hydrogen) atoms. The molecule has 0 aliphatic rings. The summed E-state index contributed by atoms with van der Waals surface area (Å²) in [4.78, 5) is 23.0. The Balaban J connectivity index is 1.96. The largest absolute Gasteiger partial charge is 0.483 e. The van der Waals surface area contributed by atoms with Crippen molar-refractivity contribution in [3.8, 4) is 5.75 Å². The van der Waals surface area contributed by atoms with Crippen LogP contribution in [0.4, 0.5) is 0 Å². The first-order valence-electron chi connectivity index (χ1n) is 7.23. The molecule has 0 unspecified atom stereocenters. The quantitative estimate of drug-likeness (QED) is 0.776. The first kappa shape index (κ1) is 17.1. The fourth-order valence-electron chi connectivity index (χ4n) is 2.19. The fraction of sp³-hybridized carbons (Fsp3) is 0.294. The van der Waals surface area contributed by atoms with Gasteiger partial charge in [-0.25, -0.2) is 4.79 Å². The zero-order valence-corrected chi connectivity index (χ0v) is 13.6. The number of carboxylic acid groups (broad SMARTS) is 1. The van der Waals surface area contributed by atoms with Crippen LogP contribution >= 0.6 is 11.8 Å². The molecule has 2 N–H and O–H groups in total. The third-order valence-electron chi connectivity index (χ3n) is 3.35. The van der Waals surface area contributed by atoms with E-state index in [1.807, 2.05) is 42.7 Å². The smallest absolute Gasteiger partial charge is 0.326 e. The molecule has 6 heteroatoms. The molecule has 0 saturated heterocycles. The topological polar surface area (TPSA) is 75.6 Å². The number of hydrogen-bond acceptors (Lipinski definition) is 4.